The highest BCUT2D eigenvalue weighted by molar-refractivity contribution is 7.91. The molecule has 21 heavy (non-hydrogen) atoms. The molecule has 2 aromatic rings. The van der Waals surface area contributed by atoms with Crippen LogP contribution < -0.4 is 4.72 Å². The smallest absolute Gasteiger partial charge is 0.236 e. The summed E-state index contributed by atoms with van der Waals surface area (Å²) in [6.45, 7) is 3.74. The first kappa shape index (κ1) is 15.5. The van der Waals surface area contributed by atoms with E-state index in [0.29, 0.717) is 16.8 Å². The van der Waals surface area contributed by atoms with Gasteiger partial charge in [0.25, 0.3) is 0 Å². The third-order valence-corrected chi connectivity index (χ3v) is 4.42. The van der Waals surface area contributed by atoms with E-state index >= 15 is 0 Å². The lowest BCUT2D eigenvalue weighted by atomic mass is 10.1. The van der Waals surface area contributed by atoms with E-state index in [-0.39, 0.29) is 12.4 Å². The molecule has 0 amide bonds. The van der Waals surface area contributed by atoms with E-state index in [4.69, 9.17) is 5.11 Å². The first-order valence-electron chi connectivity index (χ1n) is 6.66. The molecule has 0 saturated carbocycles. The van der Waals surface area contributed by atoms with Crippen LogP contribution in [0.25, 0.3) is 0 Å². The summed E-state index contributed by atoms with van der Waals surface area (Å²) < 4.78 is 27.1. The van der Waals surface area contributed by atoms with Gasteiger partial charge in [-0.15, -0.1) is 0 Å². The third kappa shape index (κ3) is 4.31. The molecule has 0 spiro atoms. The second-order valence-electron chi connectivity index (χ2n) is 5.16. The minimum atomic E-state index is -3.48. The van der Waals surface area contributed by atoms with Gasteiger partial charge in [-0.05, 0) is 36.6 Å². The summed E-state index contributed by atoms with van der Waals surface area (Å²) >= 11 is 0. The van der Waals surface area contributed by atoms with Gasteiger partial charge >= 0.3 is 0 Å². The van der Waals surface area contributed by atoms with Crippen molar-refractivity contribution in [2.75, 3.05) is 4.72 Å². The molecule has 0 aromatic heterocycles. The van der Waals surface area contributed by atoms with Crippen molar-refractivity contribution in [1.29, 1.82) is 0 Å². The lowest BCUT2D eigenvalue weighted by molar-refractivity contribution is 0.282. The Morgan fingerprint density at radius 1 is 1.05 bits per heavy atom. The summed E-state index contributed by atoms with van der Waals surface area (Å²) in [5, 5.41) is 9.09. The summed E-state index contributed by atoms with van der Waals surface area (Å²) in [4.78, 5) is 0. The molecule has 0 bridgehead atoms. The molecule has 0 heterocycles. The largest absolute Gasteiger partial charge is 0.392 e. The number of aliphatic hydroxyl groups is 1. The highest BCUT2D eigenvalue weighted by Gasteiger charge is 2.13. The predicted octanol–water partition coefficient (Wildman–Crippen LogP) is 2.74. The van der Waals surface area contributed by atoms with Crippen LogP contribution in [0.4, 0.5) is 5.69 Å². The fraction of sp³-hybridized carbons (Fsp3) is 0.250. The maximum atomic E-state index is 12.2. The predicted molar refractivity (Wildman–Crippen MR) is 84.5 cm³/mol. The zero-order valence-corrected chi connectivity index (χ0v) is 12.9. The van der Waals surface area contributed by atoms with E-state index in [1.807, 2.05) is 26.0 Å². The van der Waals surface area contributed by atoms with Gasteiger partial charge < -0.3 is 5.11 Å². The van der Waals surface area contributed by atoms with Crippen LogP contribution in [0.1, 0.15) is 22.3 Å². The molecule has 0 radical (unpaired) electrons. The molecule has 0 saturated heterocycles. The molecular weight excluding hydrogens is 286 g/mol. The number of hydrogen-bond acceptors (Lipinski definition) is 3. The Morgan fingerprint density at radius 2 is 1.76 bits per heavy atom. The van der Waals surface area contributed by atoms with Crippen molar-refractivity contribution < 1.29 is 13.5 Å². The van der Waals surface area contributed by atoms with Crippen molar-refractivity contribution in [3.63, 3.8) is 0 Å². The van der Waals surface area contributed by atoms with E-state index in [0.717, 1.165) is 11.1 Å². The van der Waals surface area contributed by atoms with E-state index in [1.165, 1.54) is 0 Å². The monoisotopic (exact) mass is 305 g/mol. The average Bonchev–Trinajstić information content (AvgIpc) is 2.41. The number of hydrogen-bond donors (Lipinski definition) is 2. The lowest BCUT2D eigenvalue weighted by Crippen LogP contribution is -2.16. The van der Waals surface area contributed by atoms with Gasteiger partial charge in [0.2, 0.25) is 10.0 Å². The highest BCUT2D eigenvalue weighted by atomic mass is 32.2. The average molecular weight is 305 g/mol. The Kier molecular flexibility index (Phi) is 4.65. The molecule has 4 nitrogen and oxygen atoms in total. The zero-order valence-electron chi connectivity index (χ0n) is 12.1. The van der Waals surface area contributed by atoms with Crippen LogP contribution in [0.15, 0.2) is 42.5 Å². The fourth-order valence-electron chi connectivity index (χ4n) is 2.17. The Morgan fingerprint density at radius 3 is 2.43 bits per heavy atom. The van der Waals surface area contributed by atoms with Gasteiger partial charge in [-0.25, -0.2) is 8.42 Å². The molecule has 2 aromatic carbocycles. The van der Waals surface area contributed by atoms with Crippen molar-refractivity contribution in [1.82, 2.24) is 0 Å². The summed E-state index contributed by atoms with van der Waals surface area (Å²) in [7, 11) is -3.48. The normalized spacial score (nSPS) is 11.4. The molecule has 0 aliphatic rings. The Balaban J connectivity index is 2.18. The van der Waals surface area contributed by atoms with Crippen LogP contribution in [-0.2, 0) is 22.4 Å². The van der Waals surface area contributed by atoms with Crippen LogP contribution in [-0.4, -0.2) is 13.5 Å². The summed E-state index contributed by atoms with van der Waals surface area (Å²) in [6, 6.07) is 12.5. The summed E-state index contributed by atoms with van der Waals surface area (Å²) in [5.41, 5.74) is 3.93. The molecule has 0 aliphatic carbocycles. The summed E-state index contributed by atoms with van der Waals surface area (Å²) in [5.74, 6) is -0.117. The van der Waals surface area contributed by atoms with Crippen molar-refractivity contribution >= 4 is 15.7 Å². The maximum Gasteiger partial charge on any atom is 0.236 e. The molecule has 112 valence electrons. The number of rotatable bonds is 5. The second-order valence-corrected chi connectivity index (χ2v) is 6.88. The standard InChI is InChI=1S/C16H19NO3S/c1-12-6-7-16(13(2)8-12)17-21(19,20)11-15-5-3-4-14(9-15)10-18/h3-9,17-18H,10-11H2,1-2H3. The zero-order chi connectivity index (χ0) is 15.5. The van der Waals surface area contributed by atoms with E-state index in [1.54, 1.807) is 30.3 Å². The van der Waals surface area contributed by atoms with Gasteiger partial charge in [0.15, 0.2) is 0 Å². The third-order valence-electron chi connectivity index (χ3n) is 3.18. The van der Waals surface area contributed by atoms with Crippen molar-refractivity contribution in [2.24, 2.45) is 0 Å². The number of aliphatic hydroxyl groups excluding tert-OH is 1. The molecule has 0 unspecified atom stereocenters. The molecule has 5 heteroatoms. The van der Waals surface area contributed by atoms with E-state index in [2.05, 4.69) is 4.72 Å². The fourth-order valence-corrected chi connectivity index (χ4v) is 3.42. The van der Waals surface area contributed by atoms with Crippen LogP contribution >= 0.6 is 0 Å². The first-order chi connectivity index (χ1) is 9.89. The molecule has 0 atom stereocenters. The molecule has 0 fully saturated rings. The number of sulfonamides is 1. The first-order valence-corrected chi connectivity index (χ1v) is 8.31. The van der Waals surface area contributed by atoms with Gasteiger partial charge in [0, 0.05) is 0 Å². The Labute approximate surface area is 125 Å². The van der Waals surface area contributed by atoms with Crippen LogP contribution in [0.2, 0.25) is 0 Å². The minimum Gasteiger partial charge on any atom is -0.392 e. The lowest BCUT2D eigenvalue weighted by Gasteiger charge is -2.11. The topological polar surface area (TPSA) is 66.4 Å². The number of nitrogens with one attached hydrogen (secondary N) is 1. The quantitative estimate of drug-likeness (QED) is 0.892. The number of anilines is 1. The van der Waals surface area contributed by atoms with Crippen LogP contribution in [0.3, 0.4) is 0 Å². The Bertz CT molecular complexity index is 739. The SMILES string of the molecule is Cc1ccc(NS(=O)(=O)Cc2cccc(CO)c2)c(C)c1. The Hall–Kier alpha value is -1.85. The highest BCUT2D eigenvalue weighted by Crippen LogP contribution is 2.19. The maximum absolute atomic E-state index is 12.2. The van der Waals surface area contributed by atoms with Crippen molar-refractivity contribution in [3.8, 4) is 0 Å². The second kappa shape index (κ2) is 6.28. The van der Waals surface area contributed by atoms with Crippen LogP contribution in [0.5, 0.6) is 0 Å². The van der Waals surface area contributed by atoms with E-state index in [9.17, 15) is 8.42 Å². The van der Waals surface area contributed by atoms with Gasteiger partial charge in [-0.3, -0.25) is 4.72 Å². The van der Waals surface area contributed by atoms with E-state index < -0.39 is 10.0 Å². The van der Waals surface area contributed by atoms with Gasteiger partial charge in [0.1, 0.15) is 0 Å². The number of benzene rings is 2. The van der Waals surface area contributed by atoms with Crippen LogP contribution in [0, 0.1) is 13.8 Å². The minimum absolute atomic E-state index is 0.0988. The summed E-state index contributed by atoms with van der Waals surface area (Å²) in [6.07, 6.45) is 0. The van der Waals surface area contributed by atoms with Crippen molar-refractivity contribution in [2.45, 2.75) is 26.2 Å². The molecular formula is C16H19NO3S. The molecule has 0 aliphatic heterocycles. The molecule has 2 N–H and O–H groups in total. The van der Waals surface area contributed by atoms with Gasteiger partial charge in [0.05, 0.1) is 18.0 Å². The van der Waals surface area contributed by atoms with Crippen molar-refractivity contribution in [3.05, 3.63) is 64.7 Å². The molecule has 2 rings (SSSR count). The van der Waals surface area contributed by atoms with Gasteiger partial charge in [-0.2, -0.15) is 0 Å². The number of aryl methyl sites for hydroxylation is 2. The van der Waals surface area contributed by atoms with Gasteiger partial charge in [-0.1, -0.05) is 42.0 Å².